The molecule has 2 fully saturated rings. The van der Waals surface area contributed by atoms with E-state index < -0.39 is 11.9 Å². The van der Waals surface area contributed by atoms with Gasteiger partial charge in [0.25, 0.3) is 0 Å². The first-order valence-electron chi connectivity index (χ1n) is 7.40. The third-order valence-electron chi connectivity index (χ3n) is 4.36. The van der Waals surface area contributed by atoms with E-state index in [4.69, 9.17) is 9.84 Å². The Hall–Kier alpha value is -1.30. The molecule has 1 saturated heterocycles. The predicted molar refractivity (Wildman–Crippen MR) is 73.5 cm³/mol. The van der Waals surface area contributed by atoms with Gasteiger partial charge >= 0.3 is 12.0 Å². The molecule has 2 atom stereocenters. The summed E-state index contributed by atoms with van der Waals surface area (Å²) >= 11 is 0. The lowest BCUT2D eigenvalue weighted by Gasteiger charge is -2.28. The summed E-state index contributed by atoms with van der Waals surface area (Å²) in [5.41, 5.74) is 0. The molecule has 20 heavy (non-hydrogen) atoms. The van der Waals surface area contributed by atoms with E-state index in [0.717, 1.165) is 38.9 Å². The molecule has 0 spiro atoms. The summed E-state index contributed by atoms with van der Waals surface area (Å²) in [6.07, 6.45) is 4.25. The number of ether oxygens (including phenoxy) is 1. The first-order chi connectivity index (χ1) is 9.58. The largest absolute Gasteiger partial charge is 0.481 e. The fraction of sp³-hybridized carbons (Fsp3) is 0.857. The number of carboxylic acid groups (broad SMARTS) is 1. The summed E-state index contributed by atoms with van der Waals surface area (Å²) in [5.74, 6) is -0.756. The van der Waals surface area contributed by atoms with E-state index in [9.17, 15) is 9.59 Å². The number of carboxylic acids is 1. The van der Waals surface area contributed by atoms with E-state index in [1.165, 1.54) is 0 Å². The lowest BCUT2D eigenvalue weighted by Crippen LogP contribution is -2.47. The molecular formula is C14H24N2O4. The summed E-state index contributed by atoms with van der Waals surface area (Å²) in [4.78, 5) is 24.9. The number of amides is 2. The predicted octanol–water partition coefficient (Wildman–Crippen LogP) is 1.31. The van der Waals surface area contributed by atoms with Crippen LogP contribution in [0.2, 0.25) is 0 Å². The number of nitrogens with zero attached hydrogens (tertiary/aromatic N) is 1. The van der Waals surface area contributed by atoms with Crippen molar-refractivity contribution in [3.8, 4) is 0 Å². The third kappa shape index (κ3) is 3.85. The van der Waals surface area contributed by atoms with Crippen LogP contribution < -0.4 is 5.32 Å². The molecule has 6 nitrogen and oxygen atoms in total. The molecule has 0 bridgehead atoms. The first kappa shape index (κ1) is 15.1. The van der Waals surface area contributed by atoms with Crippen molar-refractivity contribution >= 4 is 12.0 Å². The van der Waals surface area contributed by atoms with Crippen LogP contribution in [0.5, 0.6) is 0 Å². The van der Waals surface area contributed by atoms with Crippen LogP contribution in [0.4, 0.5) is 4.79 Å². The maximum Gasteiger partial charge on any atom is 0.317 e. The van der Waals surface area contributed by atoms with Gasteiger partial charge in [0, 0.05) is 32.8 Å². The summed E-state index contributed by atoms with van der Waals surface area (Å²) in [5, 5.41) is 12.0. The van der Waals surface area contributed by atoms with E-state index in [1.807, 2.05) is 0 Å². The van der Waals surface area contributed by atoms with E-state index >= 15 is 0 Å². The van der Waals surface area contributed by atoms with Crippen LogP contribution in [0.1, 0.15) is 32.1 Å². The molecule has 0 radical (unpaired) electrons. The highest BCUT2D eigenvalue weighted by Crippen LogP contribution is 2.26. The van der Waals surface area contributed by atoms with Gasteiger partial charge in [-0.3, -0.25) is 4.79 Å². The van der Waals surface area contributed by atoms with Crippen LogP contribution in [0.25, 0.3) is 0 Å². The monoisotopic (exact) mass is 284 g/mol. The van der Waals surface area contributed by atoms with Crippen LogP contribution in [0.3, 0.4) is 0 Å². The van der Waals surface area contributed by atoms with Gasteiger partial charge in [-0.05, 0) is 31.6 Å². The first-order valence-corrected chi connectivity index (χ1v) is 7.40. The number of carbonyl (C=O) groups is 2. The van der Waals surface area contributed by atoms with Gasteiger partial charge in [-0.15, -0.1) is 0 Å². The highest BCUT2D eigenvalue weighted by Gasteiger charge is 2.34. The summed E-state index contributed by atoms with van der Waals surface area (Å²) in [7, 11) is 1.77. The Bertz CT molecular complexity index is 355. The number of rotatable bonds is 4. The normalized spacial score (nSPS) is 27.2. The molecule has 1 heterocycles. The number of nitrogens with one attached hydrogen (secondary N) is 1. The molecule has 1 aliphatic heterocycles. The molecule has 1 aliphatic carbocycles. The summed E-state index contributed by atoms with van der Waals surface area (Å²) in [6, 6.07) is -0.383. The number of aliphatic carboxylic acids is 1. The van der Waals surface area contributed by atoms with Gasteiger partial charge in [-0.2, -0.15) is 0 Å². The molecule has 2 amide bonds. The molecule has 2 rings (SSSR count). The number of urea groups is 1. The van der Waals surface area contributed by atoms with Crippen LogP contribution >= 0.6 is 0 Å². The quantitative estimate of drug-likeness (QED) is 0.816. The Kier molecular flexibility index (Phi) is 5.23. The van der Waals surface area contributed by atoms with Gasteiger partial charge in [-0.1, -0.05) is 6.42 Å². The van der Waals surface area contributed by atoms with Crippen molar-refractivity contribution in [2.75, 3.05) is 26.8 Å². The number of carbonyl (C=O) groups excluding carboxylic acids is 1. The molecule has 6 heteroatoms. The maximum absolute atomic E-state index is 12.1. The Morgan fingerprint density at radius 3 is 2.60 bits per heavy atom. The summed E-state index contributed by atoms with van der Waals surface area (Å²) < 4.78 is 5.31. The van der Waals surface area contributed by atoms with Crippen LogP contribution in [-0.4, -0.2) is 54.9 Å². The van der Waals surface area contributed by atoms with E-state index in [0.29, 0.717) is 18.9 Å². The average molecular weight is 284 g/mol. The second kappa shape index (κ2) is 6.92. The summed E-state index contributed by atoms with van der Waals surface area (Å²) in [6.45, 7) is 2.24. The molecule has 0 aromatic carbocycles. The fourth-order valence-corrected chi connectivity index (χ4v) is 3.10. The minimum Gasteiger partial charge on any atom is -0.481 e. The lowest BCUT2D eigenvalue weighted by atomic mass is 10.00. The maximum atomic E-state index is 12.1. The Labute approximate surface area is 119 Å². The SMILES string of the molecule is CN(CC1CCOCC1)C(=O)NC1CCCC1C(=O)O. The zero-order valence-corrected chi connectivity index (χ0v) is 12.0. The standard InChI is InChI=1S/C14H24N2O4/c1-16(9-10-5-7-20-8-6-10)14(19)15-12-4-2-3-11(12)13(17)18/h10-12H,2-9H2,1H3,(H,15,19)(H,17,18). The number of hydrogen-bond donors (Lipinski definition) is 2. The Morgan fingerprint density at radius 1 is 1.25 bits per heavy atom. The molecule has 1 saturated carbocycles. The van der Waals surface area contributed by atoms with Crippen molar-refractivity contribution in [3.63, 3.8) is 0 Å². The molecule has 114 valence electrons. The smallest absolute Gasteiger partial charge is 0.317 e. The Balaban J connectivity index is 1.79. The van der Waals surface area contributed by atoms with Crippen molar-refractivity contribution in [1.82, 2.24) is 10.2 Å². The Morgan fingerprint density at radius 2 is 1.95 bits per heavy atom. The average Bonchev–Trinajstić information content (AvgIpc) is 2.88. The van der Waals surface area contributed by atoms with Crippen LogP contribution in [-0.2, 0) is 9.53 Å². The van der Waals surface area contributed by atoms with Gasteiger partial charge in [-0.25, -0.2) is 4.79 Å². The van der Waals surface area contributed by atoms with Crippen molar-refractivity contribution in [2.45, 2.75) is 38.1 Å². The van der Waals surface area contributed by atoms with Crippen molar-refractivity contribution < 1.29 is 19.4 Å². The second-order valence-corrected chi connectivity index (χ2v) is 5.87. The minimum atomic E-state index is -0.806. The zero-order valence-electron chi connectivity index (χ0n) is 12.0. The van der Waals surface area contributed by atoms with Gasteiger partial charge in [0.15, 0.2) is 0 Å². The highest BCUT2D eigenvalue weighted by molar-refractivity contribution is 5.77. The topological polar surface area (TPSA) is 78.9 Å². The molecule has 0 aromatic heterocycles. The van der Waals surface area contributed by atoms with Crippen molar-refractivity contribution in [3.05, 3.63) is 0 Å². The van der Waals surface area contributed by atoms with Gasteiger partial charge < -0.3 is 20.1 Å². The highest BCUT2D eigenvalue weighted by atomic mass is 16.5. The molecule has 2 N–H and O–H groups in total. The zero-order chi connectivity index (χ0) is 14.5. The van der Waals surface area contributed by atoms with E-state index in [2.05, 4.69) is 5.32 Å². The molecule has 0 aromatic rings. The number of hydrogen-bond acceptors (Lipinski definition) is 3. The van der Waals surface area contributed by atoms with E-state index in [-0.39, 0.29) is 12.1 Å². The van der Waals surface area contributed by atoms with Crippen LogP contribution in [0.15, 0.2) is 0 Å². The van der Waals surface area contributed by atoms with Gasteiger partial charge in [0.2, 0.25) is 0 Å². The minimum absolute atomic E-state index is 0.158. The lowest BCUT2D eigenvalue weighted by molar-refractivity contribution is -0.142. The fourth-order valence-electron chi connectivity index (χ4n) is 3.10. The third-order valence-corrected chi connectivity index (χ3v) is 4.36. The molecule has 2 aliphatic rings. The molecule has 2 unspecified atom stereocenters. The van der Waals surface area contributed by atoms with Crippen molar-refractivity contribution in [2.24, 2.45) is 11.8 Å². The van der Waals surface area contributed by atoms with E-state index in [1.54, 1.807) is 11.9 Å². The second-order valence-electron chi connectivity index (χ2n) is 5.87. The van der Waals surface area contributed by atoms with Crippen LogP contribution in [0, 0.1) is 11.8 Å². The van der Waals surface area contributed by atoms with Gasteiger partial charge in [0.1, 0.15) is 0 Å². The van der Waals surface area contributed by atoms with Gasteiger partial charge in [0.05, 0.1) is 5.92 Å². The molecular weight excluding hydrogens is 260 g/mol. The van der Waals surface area contributed by atoms with Crippen molar-refractivity contribution in [1.29, 1.82) is 0 Å².